The van der Waals surface area contributed by atoms with E-state index in [1.54, 1.807) is 0 Å². The first kappa shape index (κ1) is 14.3. The molecular formula is C16H32N2. The molecule has 2 heteroatoms. The molecule has 0 amide bonds. The fourth-order valence-electron chi connectivity index (χ4n) is 3.96. The van der Waals surface area contributed by atoms with E-state index < -0.39 is 0 Å². The molecule has 0 aromatic carbocycles. The molecule has 0 aromatic heterocycles. The van der Waals surface area contributed by atoms with Gasteiger partial charge in [0.05, 0.1) is 0 Å². The Morgan fingerprint density at radius 2 is 2.00 bits per heavy atom. The molecule has 2 aliphatic rings. The zero-order valence-corrected chi connectivity index (χ0v) is 12.7. The van der Waals surface area contributed by atoms with Crippen molar-refractivity contribution in [2.24, 2.45) is 5.41 Å². The van der Waals surface area contributed by atoms with Crippen molar-refractivity contribution >= 4 is 0 Å². The van der Waals surface area contributed by atoms with Gasteiger partial charge >= 0.3 is 0 Å². The highest BCUT2D eigenvalue weighted by molar-refractivity contribution is 4.92. The van der Waals surface area contributed by atoms with E-state index in [0.29, 0.717) is 5.41 Å². The van der Waals surface area contributed by atoms with Crippen LogP contribution in [0.25, 0.3) is 0 Å². The molecule has 2 fully saturated rings. The first-order chi connectivity index (χ1) is 8.63. The van der Waals surface area contributed by atoms with Crippen molar-refractivity contribution < 1.29 is 0 Å². The van der Waals surface area contributed by atoms with Crippen LogP contribution in [0, 0.1) is 5.41 Å². The molecule has 2 atom stereocenters. The zero-order valence-electron chi connectivity index (χ0n) is 12.7. The minimum atomic E-state index is 0.533. The van der Waals surface area contributed by atoms with Crippen LogP contribution in [0.4, 0.5) is 0 Å². The fraction of sp³-hybridized carbons (Fsp3) is 1.00. The lowest BCUT2D eigenvalue weighted by molar-refractivity contribution is 0.0267. The van der Waals surface area contributed by atoms with Gasteiger partial charge in [-0.2, -0.15) is 0 Å². The summed E-state index contributed by atoms with van der Waals surface area (Å²) in [6, 6.07) is 1.58. The molecule has 1 aliphatic heterocycles. The van der Waals surface area contributed by atoms with Crippen LogP contribution >= 0.6 is 0 Å². The molecule has 2 unspecified atom stereocenters. The Morgan fingerprint density at radius 1 is 1.17 bits per heavy atom. The number of nitrogens with zero attached hydrogens (tertiary/aromatic N) is 1. The Balaban J connectivity index is 1.91. The number of likely N-dealkylation sites (tertiary alicyclic amines) is 1. The van der Waals surface area contributed by atoms with Gasteiger partial charge in [-0.1, -0.05) is 33.6 Å². The van der Waals surface area contributed by atoms with Gasteiger partial charge in [0.2, 0.25) is 0 Å². The Bertz CT molecular complexity index is 249. The normalized spacial score (nSPS) is 33.5. The van der Waals surface area contributed by atoms with Gasteiger partial charge in [-0.05, 0) is 50.6 Å². The molecular weight excluding hydrogens is 220 g/mol. The van der Waals surface area contributed by atoms with E-state index in [1.807, 2.05) is 0 Å². The third-order valence-electron chi connectivity index (χ3n) is 5.03. The Morgan fingerprint density at radius 3 is 2.72 bits per heavy atom. The molecule has 1 N–H and O–H groups in total. The van der Waals surface area contributed by atoms with Crippen LogP contribution in [-0.4, -0.2) is 36.6 Å². The van der Waals surface area contributed by atoms with E-state index in [-0.39, 0.29) is 0 Å². The van der Waals surface area contributed by atoms with Crippen molar-refractivity contribution in [3.63, 3.8) is 0 Å². The maximum absolute atomic E-state index is 3.73. The average molecular weight is 252 g/mol. The van der Waals surface area contributed by atoms with Gasteiger partial charge in [0.15, 0.2) is 0 Å². The lowest BCUT2D eigenvalue weighted by Crippen LogP contribution is -2.54. The molecule has 1 saturated carbocycles. The summed E-state index contributed by atoms with van der Waals surface area (Å²) in [4.78, 5) is 2.80. The second-order valence-corrected chi connectivity index (χ2v) is 7.04. The smallest absolute Gasteiger partial charge is 0.0195 e. The first-order valence-corrected chi connectivity index (χ1v) is 8.11. The number of nitrogens with one attached hydrogen (secondary N) is 1. The highest BCUT2D eigenvalue weighted by Crippen LogP contribution is 2.39. The molecule has 2 nitrogen and oxygen atoms in total. The number of hydrogen-bond acceptors (Lipinski definition) is 2. The standard InChI is InChI=1S/C16H32N2/c1-4-11-17-14-8-7-12-18(13-14)15-9-5-6-10-16(15,2)3/h14-15,17H,4-13H2,1-3H3. The lowest BCUT2D eigenvalue weighted by atomic mass is 9.72. The summed E-state index contributed by atoms with van der Waals surface area (Å²) in [5.41, 5.74) is 0.533. The SMILES string of the molecule is CCCNC1CCCN(C2CCCCC2(C)C)C1. The van der Waals surface area contributed by atoms with Crippen molar-refractivity contribution in [1.29, 1.82) is 0 Å². The Labute approximate surface area is 114 Å². The van der Waals surface area contributed by atoms with E-state index in [1.165, 1.54) is 64.6 Å². The summed E-state index contributed by atoms with van der Waals surface area (Å²) in [5, 5.41) is 3.73. The summed E-state index contributed by atoms with van der Waals surface area (Å²) in [7, 11) is 0. The molecule has 0 aromatic rings. The van der Waals surface area contributed by atoms with Crippen LogP contribution in [0.2, 0.25) is 0 Å². The summed E-state index contributed by atoms with van der Waals surface area (Å²) < 4.78 is 0. The van der Waals surface area contributed by atoms with E-state index in [4.69, 9.17) is 0 Å². The largest absolute Gasteiger partial charge is 0.313 e. The Hall–Kier alpha value is -0.0800. The second kappa shape index (κ2) is 6.38. The van der Waals surface area contributed by atoms with Crippen LogP contribution in [0.1, 0.15) is 65.7 Å². The van der Waals surface area contributed by atoms with E-state index in [0.717, 1.165) is 12.1 Å². The summed E-state index contributed by atoms with van der Waals surface area (Å²) in [6.07, 6.45) is 9.74. The van der Waals surface area contributed by atoms with Crippen LogP contribution in [0.3, 0.4) is 0 Å². The van der Waals surface area contributed by atoms with Gasteiger partial charge in [-0.25, -0.2) is 0 Å². The van der Waals surface area contributed by atoms with Crippen molar-refractivity contribution in [2.75, 3.05) is 19.6 Å². The van der Waals surface area contributed by atoms with Crippen molar-refractivity contribution in [1.82, 2.24) is 10.2 Å². The molecule has 0 radical (unpaired) electrons. The van der Waals surface area contributed by atoms with Gasteiger partial charge in [0.1, 0.15) is 0 Å². The summed E-state index contributed by atoms with van der Waals surface area (Å²) in [5.74, 6) is 0. The molecule has 18 heavy (non-hydrogen) atoms. The van der Waals surface area contributed by atoms with Crippen LogP contribution in [0.15, 0.2) is 0 Å². The molecule has 2 rings (SSSR count). The van der Waals surface area contributed by atoms with Gasteiger partial charge < -0.3 is 5.32 Å². The first-order valence-electron chi connectivity index (χ1n) is 8.11. The molecule has 0 bridgehead atoms. The predicted octanol–water partition coefficient (Wildman–Crippen LogP) is 3.42. The van der Waals surface area contributed by atoms with E-state index in [9.17, 15) is 0 Å². The maximum Gasteiger partial charge on any atom is 0.0195 e. The monoisotopic (exact) mass is 252 g/mol. The van der Waals surface area contributed by atoms with Gasteiger partial charge in [0, 0.05) is 18.6 Å². The van der Waals surface area contributed by atoms with E-state index in [2.05, 4.69) is 31.0 Å². The van der Waals surface area contributed by atoms with Gasteiger partial charge in [0.25, 0.3) is 0 Å². The topological polar surface area (TPSA) is 15.3 Å². The van der Waals surface area contributed by atoms with Gasteiger partial charge in [-0.15, -0.1) is 0 Å². The highest BCUT2D eigenvalue weighted by Gasteiger charge is 2.37. The van der Waals surface area contributed by atoms with Crippen LogP contribution in [0.5, 0.6) is 0 Å². The summed E-state index contributed by atoms with van der Waals surface area (Å²) >= 11 is 0. The van der Waals surface area contributed by atoms with Crippen LogP contribution < -0.4 is 5.32 Å². The third-order valence-corrected chi connectivity index (χ3v) is 5.03. The number of piperidine rings is 1. The predicted molar refractivity (Wildman–Crippen MR) is 78.9 cm³/mol. The fourth-order valence-corrected chi connectivity index (χ4v) is 3.96. The quantitative estimate of drug-likeness (QED) is 0.825. The number of hydrogen-bond donors (Lipinski definition) is 1. The third kappa shape index (κ3) is 3.48. The molecule has 0 spiro atoms. The molecule has 106 valence electrons. The highest BCUT2D eigenvalue weighted by atomic mass is 15.2. The summed E-state index contributed by atoms with van der Waals surface area (Å²) in [6.45, 7) is 11.0. The lowest BCUT2D eigenvalue weighted by Gasteiger charge is -2.48. The van der Waals surface area contributed by atoms with Crippen LogP contribution in [-0.2, 0) is 0 Å². The Kier molecular flexibility index (Phi) is 5.08. The minimum absolute atomic E-state index is 0.533. The van der Waals surface area contributed by atoms with Crippen molar-refractivity contribution in [2.45, 2.75) is 77.8 Å². The van der Waals surface area contributed by atoms with Gasteiger partial charge in [-0.3, -0.25) is 4.90 Å². The maximum atomic E-state index is 3.73. The van der Waals surface area contributed by atoms with Crippen molar-refractivity contribution in [3.05, 3.63) is 0 Å². The molecule has 1 saturated heterocycles. The second-order valence-electron chi connectivity index (χ2n) is 7.04. The average Bonchev–Trinajstić information content (AvgIpc) is 2.36. The molecule has 1 aliphatic carbocycles. The minimum Gasteiger partial charge on any atom is -0.313 e. The van der Waals surface area contributed by atoms with Crippen molar-refractivity contribution in [3.8, 4) is 0 Å². The number of rotatable bonds is 4. The molecule has 1 heterocycles. The zero-order chi connectivity index (χ0) is 13.0. The van der Waals surface area contributed by atoms with E-state index >= 15 is 0 Å².